The zero-order chi connectivity index (χ0) is 18.8. The Morgan fingerprint density at radius 3 is 2.38 bits per heavy atom. The number of ether oxygens (including phenoxy) is 5. The maximum atomic E-state index is 11.5. The van der Waals surface area contributed by atoms with Crippen LogP contribution in [0.4, 0.5) is 0 Å². The first-order valence-corrected chi connectivity index (χ1v) is 9.78. The van der Waals surface area contributed by atoms with Gasteiger partial charge >= 0.3 is 5.97 Å². The average molecular weight is 374 g/mol. The Bertz CT molecular complexity index is 401. The van der Waals surface area contributed by atoms with Crippen LogP contribution < -0.4 is 0 Å². The van der Waals surface area contributed by atoms with Crippen molar-refractivity contribution in [2.45, 2.75) is 89.0 Å². The van der Waals surface area contributed by atoms with E-state index in [1.165, 1.54) is 7.11 Å². The van der Waals surface area contributed by atoms with E-state index in [1.54, 1.807) is 6.92 Å². The molecule has 0 aliphatic carbocycles. The van der Waals surface area contributed by atoms with Crippen LogP contribution in [0.5, 0.6) is 0 Å². The van der Waals surface area contributed by atoms with Gasteiger partial charge in [-0.1, -0.05) is 0 Å². The summed E-state index contributed by atoms with van der Waals surface area (Å²) in [7, 11) is 1.32. The highest BCUT2D eigenvalue weighted by molar-refractivity contribution is 5.70. The summed E-state index contributed by atoms with van der Waals surface area (Å²) < 4.78 is 27.8. The molecule has 4 unspecified atom stereocenters. The molecule has 2 aliphatic rings. The zero-order valence-electron chi connectivity index (χ0n) is 16.1. The molecule has 0 radical (unpaired) electrons. The maximum absolute atomic E-state index is 11.5. The Kier molecular flexibility index (Phi) is 9.28. The van der Waals surface area contributed by atoms with Crippen molar-refractivity contribution >= 4 is 5.97 Å². The monoisotopic (exact) mass is 374 g/mol. The minimum Gasteiger partial charge on any atom is -0.469 e. The van der Waals surface area contributed by atoms with E-state index in [1.807, 2.05) is 0 Å². The second-order valence-electron chi connectivity index (χ2n) is 7.46. The molecule has 2 saturated heterocycles. The van der Waals surface area contributed by atoms with E-state index >= 15 is 0 Å². The zero-order valence-corrected chi connectivity index (χ0v) is 16.1. The van der Waals surface area contributed by atoms with Crippen molar-refractivity contribution in [1.29, 1.82) is 0 Å². The van der Waals surface area contributed by atoms with Crippen LogP contribution in [-0.2, 0) is 28.5 Å². The van der Waals surface area contributed by atoms with E-state index in [0.29, 0.717) is 26.1 Å². The molecular weight excluding hydrogens is 340 g/mol. The number of aliphatic hydroxyl groups is 1. The predicted molar refractivity (Wildman–Crippen MR) is 94.5 cm³/mol. The summed E-state index contributed by atoms with van der Waals surface area (Å²) in [4.78, 5) is 11.5. The number of methoxy groups -OCH3 is 1. The van der Waals surface area contributed by atoms with E-state index < -0.39 is 11.6 Å². The van der Waals surface area contributed by atoms with Crippen molar-refractivity contribution in [1.82, 2.24) is 0 Å². The molecule has 2 aliphatic heterocycles. The summed E-state index contributed by atoms with van der Waals surface area (Å²) >= 11 is 0. The molecule has 1 N–H and O–H groups in total. The molecule has 0 aromatic carbocycles. The van der Waals surface area contributed by atoms with Gasteiger partial charge in [0.2, 0.25) is 0 Å². The lowest BCUT2D eigenvalue weighted by Gasteiger charge is -2.32. The highest BCUT2D eigenvalue weighted by Gasteiger charge is 2.31. The lowest BCUT2D eigenvalue weighted by molar-refractivity contribution is -0.208. The molecule has 0 amide bonds. The lowest BCUT2D eigenvalue weighted by Crippen LogP contribution is -2.37. The van der Waals surface area contributed by atoms with E-state index in [4.69, 9.17) is 18.9 Å². The molecule has 26 heavy (non-hydrogen) atoms. The second-order valence-corrected chi connectivity index (χ2v) is 7.46. The summed E-state index contributed by atoms with van der Waals surface area (Å²) in [6.45, 7) is 3.56. The Morgan fingerprint density at radius 2 is 1.81 bits per heavy atom. The van der Waals surface area contributed by atoms with Crippen molar-refractivity contribution in [3.8, 4) is 0 Å². The first-order chi connectivity index (χ1) is 12.5. The maximum Gasteiger partial charge on any atom is 0.308 e. The fourth-order valence-corrected chi connectivity index (χ4v) is 3.37. The van der Waals surface area contributed by atoms with Crippen molar-refractivity contribution < 1.29 is 33.6 Å². The molecule has 0 bridgehead atoms. The van der Waals surface area contributed by atoms with Crippen LogP contribution in [-0.4, -0.2) is 62.3 Å². The topological polar surface area (TPSA) is 83.5 Å². The molecular formula is C19H34O7. The van der Waals surface area contributed by atoms with Gasteiger partial charge in [0.1, 0.15) is 0 Å². The van der Waals surface area contributed by atoms with E-state index in [9.17, 15) is 9.90 Å². The highest BCUT2D eigenvalue weighted by Crippen LogP contribution is 2.25. The van der Waals surface area contributed by atoms with Crippen molar-refractivity contribution in [2.24, 2.45) is 0 Å². The number of carbonyl (C=O) groups is 1. The Balaban J connectivity index is 1.83. The largest absolute Gasteiger partial charge is 0.469 e. The summed E-state index contributed by atoms with van der Waals surface area (Å²) in [5.41, 5.74) is -1.20. The molecule has 7 heteroatoms. The van der Waals surface area contributed by atoms with Crippen molar-refractivity contribution in [3.63, 3.8) is 0 Å². The van der Waals surface area contributed by atoms with Gasteiger partial charge in [-0.2, -0.15) is 0 Å². The van der Waals surface area contributed by atoms with Crippen LogP contribution in [0.15, 0.2) is 0 Å². The predicted octanol–water partition coefficient (Wildman–Crippen LogP) is 2.54. The second kappa shape index (κ2) is 11.2. The van der Waals surface area contributed by atoms with Gasteiger partial charge in [0.15, 0.2) is 12.6 Å². The van der Waals surface area contributed by atoms with Gasteiger partial charge in [0.25, 0.3) is 0 Å². The molecule has 2 heterocycles. The smallest absolute Gasteiger partial charge is 0.308 e. The third-order valence-corrected chi connectivity index (χ3v) is 4.78. The molecule has 0 aromatic heterocycles. The fraction of sp³-hybridized carbons (Fsp3) is 0.947. The van der Waals surface area contributed by atoms with Crippen LogP contribution in [0.25, 0.3) is 0 Å². The molecule has 0 spiro atoms. The summed E-state index contributed by atoms with van der Waals surface area (Å²) in [5, 5.41) is 10.6. The number of hydrogen-bond acceptors (Lipinski definition) is 7. The van der Waals surface area contributed by atoms with Gasteiger partial charge in [-0.25, -0.2) is 0 Å². The molecule has 152 valence electrons. The molecule has 7 nitrogen and oxygen atoms in total. The standard InChI is InChI=1S/C19H34O7/c1-19(21,14-16(20)22-2)13-15(26-18-8-4-6-11-24-18)9-12-25-17-7-3-5-10-23-17/h15,17-18,21H,3-14H2,1-2H3. The van der Waals surface area contributed by atoms with Gasteiger partial charge in [-0.3, -0.25) is 4.79 Å². The van der Waals surface area contributed by atoms with Crippen LogP contribution in [0.3, 0.4) is 0 Å². The summed E-state index contributed by atoms with van der Waals surface area (Å²) in [5.74, 6) is -0.436. The lowest BCUT2D eigenvalue weighted by atomic mass is 9.93. The van der Waals surface area contributed by atoms with E-state index in [2.05, 4.69) is 4.74 Å². The number of esters is 1. The Labute approximate surface area is 156 Å². The van der Waals surface area contributed by atoms with Crippen LogP contribution in [0.1, 0.15) is 64.7 Å². The molecule has 2 rings (SSSR count). The van der Waals surface area contributed by atoms with Gasteiger partial charge in [-0.05, 0) is 51.9 Å². The van der Waals surface area contributed by atoms with Gasteiger partial charge < -0.3 is 28.8 Å². The first kappa shape index (κ1) is 21.6. The normalized spacial score (nSPS) is 27.5. The molecule has 0 aromatic rings. The van der Waals surface area contributed by atoms with Gasteiger partial charge in [0, 0.05) is 19.6 Å². The first-order valence-electron chi connectivity index (χ1n) is 9.78. The third-order valence-electron chi connectivity index (χ3n) is 4.78. The molecule has 0 saturated carbocycles. The number of rotatable bonds is 10. The quantitative estimate of drug-likeness (QED) is 0.588. The number of hydrogen-bond donors (Lipinski definition) is 1. The molecule has 2 fully saturated rings. The Hall–Kier alpha value is -0.730. The van der Waals surface area contributed by atoms with Crippen LogP contribution >= 0.6 is 0 Å². The highest BCUT2D eigenvalue weighted by atomic mass is 16.7. The van der Waals surface area contributed by atoms with Gasteiger partial charge in [-0.15, -0.1) is 0 Å². The third kappa shape index (κ3) is 8.31. The van der Waals surface area contributed by atoms with Crippen LogP contribution in [0, 0.1) is 0 Å². The van der Waals surface area contributed by atoms with Gasteiger partial charge in [0.05, 0.1) is 31.8 Å². The molecule has 4 atom stereocenters. The van der Waals surface area contributed by atoms with E-state index in [0.717, 1.165) is 45.1 Å². The summed E-state index contributed by atoms with van der Waals surface area (Å²) in [6.07, 6.45) is 6.28. The van der Waals surface area contributed by atoms with Crippen molar-refractivity contribution in [2.75, 3.05) is 26.9 Å². The van der Waals surface area contributed by atoms with Crippen molar-refractivity contribution in [3.05, 3.63) is 0 Å². The number of carbonyl (C=O) groups excluding carboxylic acids is 1. The van der Waals surface area contributed by atoms with Crippen LogP contribution in [0.2, 0.25) is 0 Å². The average Bonchev–Trinajstić information content (AvgIpc) is 2.62. The van der Waals surface area contributed by atoms with E-state index in [-0.39, 0.29) is 25.1 Å². The Morgan fingerprint density at radius 1 is 1.15 bits per heavy atom. The fourth-order valence-electron chi connectivity index (χ4n) is 3.37. The SMILES string of the molecule is COC(=O)CC(C)(O)CC(CCOC1CCCCO1)OC1CCCCO1. The minimum atomic E-state index is -1.20. The minimum absolute atomic E-state index is 0.0680. The summed E-state index contributed by atoms with van der Waals surface area (Å²) in [6, 6.07) is 0.